The molecule has 3 heterocycles. The molecule has 7 nitrogen and oxygen atoms in total. The number of thiazole rings is 1. The molecule has 0 aliphatic carbocycles. The predicted octanol–water partition coefficient (Wildman–Crippen LogP) is 3.34. The minimum absolute atomic E-state index is 0.0860. The number of rotatable bonds is 5. The van der Waals surface area contributed by atoms with Gasteiger partial charge in [0, 0.05) is 55.6 Å². The standard InChI is InChI=1S/C20H20F3N5O2S2/c1-32(29,30)15-4-2-14(3-5-15)16-12-17(26-19(25-16)20(21,22)23)28-9-7-27(8-10-28)13-18-24-6-11-31-18/h2-6,11-12H,7-10,13H2,1H3. The highest BCUT2D eigenvalue weighted by Gasteiger charge is 2.36. The van der Waals surface area contributed by atoms with E-state index in [0.29, 0.717) is 38.3 Å². The van der Waals surface area contributed by atoms with Crippen LogP contribution in [-0.2, 0) is 22.6 Å². The van der Waals surface area contributed by atoms with E-state index in [0.717, 1.165) is 11.3 Å². The van der Waals surface area contributed by atoms with Crippen molar-refractivity contribution in [3.63, 3.8) is 0 Å². The summed E-state index contributed by atoms with van der Waals surface area (Å²) in [5.74, 6) is -1.02. The van der Waals surface area contributed by atoms with E-state index in [9.17, 15) is 21.6 Å². The van der Waals surface area contributed by atoms with Crippen LogP contribution in [0.2, 0.25) is 0 Å². The Morgan fingerprint density at radius 3 is 2.31 bits per heavy atom. The highest BCUT2D eigenvalue weighted by Crippen LogP contribution is 2.31. The van der Waals surface area contributed by atoms with E-state index in [4.69, 9.17) is 0 Å². The second-order valence-corrected chi connectivity index (χ2v) is 10.4. The van der Waals surface area contributed by atoms with Gasteiger partial charge < -0.3 is 4.90 Å². The van der Waals surface area contributed by atoms with Gasteiger partial charge in [-0.05, 0) is 12.1 Å². The summed E-state index contributed by atoms with van der Waals surface area (Å²) >= 11 is 1.57. The molecule has 1 fully saturated rings. The van der Waals surface area contributed by atoms with Crippen LogP contribution in [0.1, 0.15) is 10.8 Å². The summed E-state index contributed by atoms with van der Waals surface area (Å²) in [6.45, 7) is 3.09. The summed E-state index contributed by atoms with van der Waals surface area (Å²) in [6.07, 6.45) is -1.88. The van der Waals surface area contributed by atoms with E-state index >= 15 is 0 Å². The van der Waals surface area contributed by atoms with Crippen molar-refractivity contribution in [1.82, 2.24) is 19.9 Å². The van der Waals surface area contributed by atoms with Crippen molar-refractivity contribution in [2.45, 2.75) is 17.6 Å². The first-order valence-corrected chi connectivity index (χ1v) is 12.5. The third-order valence-electron chi connectivity index (χ3n) is 5.08. The van der Waals surface area contributed by atoms with Gasteiger partial charge in [0.25, 0.3) is 0 Å². The second kappa shape index (κ2) is 8.75. The van der Waals surface area contributed by atoms with Gasteiger partial charge in [0.05, 0.1) is 17.1 Å². The topological polar surface area (TPSA) is 79.3 Å². The molecule has 0 spiro atoms. The number of benzene rings is 1. The Morgan fingerprint density at radius 2 is 1.75 bits per heavy atom. The molecule has 0 radical (unpaired) electrons. The van der Waals surface area contributed by atoms with E-state index in [1.165, 1.54) is 30.3 Å². The molecule has 3 aromatic rings. The van der Waals surface area contributed by atoms with Crippen LogP contribution in [0, 0.1) is 0 Å². The van der Waals surface area contributed by atoms with E-state index in [1.54, 1.807) is 17.5 Å². The van der Waals surface area contributed by atoms with Crippen LogP contribution in [0.3, 0.4) is 0 Å². The Hall–Kier alpha value is -2.57. The van der Waals surface area contributed by atoms with Crippen LogP contribution < -0.4 is 4.90 Å². The Labute approximate surface area is 187 Å². The van der Waals surface area contributed by atoms with Crippen molar-refractivity contribution in [1.29, 1.82) is 0 Å². The van der Waals surface area contributed by atoms with Crippen LogP contribution >= 0.6 is 11.3 Å². The van der Waals surface area contributed by atoms with Gasteiger partial charge in [-0.1, -0.05) is 12.1 Å². The smallest absolute Gasteiger partial charge is 0.354 e. The SMILES string of the molecule is CS(=O)(=O)c1ccc(-c2cc(N3CCN(Cc4nccs4)CC3)nc(C(F)(F)F)n2)cc1. The first-order valence-electron chi connectivity index (χ1n) is 9.72. The number of hydrogen-bond acceptors (Lipinski definition) is 8. The van der Waals surface area contributed by atoms with Crippen molar-refractivity contribution in [2.75, 3.05) is 37.3 Å². The Morgan fingerprint density at radius 1 is 1.06 bits per heavy atom. The average molecular weight is 484 g/mol. The lowest BCUT2D eigenvalue weighted by Gasteiger charge is -2.35. The average Bonchev–Trinajstić information content (AvgIpc) is 3.26. The molecule has 0 saturated carbocycles. The van der Waals surface area contributed by atoms with Crippen LogP contribution in [-0.4, -0.2) is 60.7 Å². The van der Waals surface area contributed by atoms with Gasteiger partial charge in [0.1, 0.15) is 10.8 Å². The fraction of sp³-hybridized carbons (Fsp3) is 0.350. The lowest BCUT2D eigenvalue weighted by Crippen LogP contribution is -2.46. The summed E-state index contributed by atoms with van der Waals surface area (Å²) in [7, 11) is -3.41. The minimum Gasteiger partial charge on any atom is -0.354 e. The third kappa shape index (κ3) is 5.25. The number of sulfone groups is 1. The lowest BCUT2D eigenvalue weighted by atomic mass is 10.1. The molecular weight excluding hydrogens is 463 g/mol. The number of nitrogens with zero attached hydrogens (tertiary/aromatic N) is 5. The predicted molar refractivity (Wildman–Crippen MR) is 115 cm³/mol. The molecule has 0 amide bonds. The van der Waals surface area contributed by atoms with Crippen molar-refractivity contribution >= 4 is 27.0 Å². The fourth-order valence-electron chi connectivity index (χ4n) is 3.40. The normalized spacial score (nSPS) is 15.8. The maximum atomic E-state index is 13.5. The number of alkyl halides is 3. The van der Waals surface area contributed by atoms with Crippen LogP contribution in [0.15, 0.2) is 46.8 Å². The molecule has 1 aliphatic rings. The number of piperazine rings is 1. The van der Waals surface area contributed by atoms with Gasteiger partial charge in [0.15, 0.2) is 9.84 Å². The maximum Gasteiger partial charge on any atom is 0.451 e. The number of aromatic nitrogens is 3. The van der Waals surface area contributed by atoms with Crippen LogP contribution in [0.4, 0.5) is 19.0 Å². The van der Waals surface area contributed by atoms with Gasteiger partial charge in [-0.15, -0.1) is 11.3 Å². The molecule has 2 aromatic heterocycles. The van der Waals surface area contributed by atoms with Gasteiger partial charge in [0.2, 0.25) is 5.82 Å². The molecule has 4 rings (SSSR count). The molecule has 0 unspecified atom stereocenters. The monoisotopic (exact) mass is 483 g/mol. The fourth-order valence-corrected chi connectivity index (χ4v) is 4.69. The number of anilines is 1. The number of hydrogen-bond donors (Lipinski definition) is 0. The largest absolute Gasteiger partial charge is 0.451 e. The van der Waals surface area contributed by atoms with Crippen molar-refractivity contribution in [2.24, 2.45) is 0 Å². The molecule has 12 heteroatoms. The van der Waals surface area contributed by atoms with Gasteiger partial charge in [-0.25, -0.2) is 23.4 Å². The summed E-state index contributed by atoms with van der Waals surface area (Å²) in [4.78, 5) is 15.8. The Kier molecular flexibility index (Phi) is 6.19. The molecular formula is C20H20F3N5O2S2. The highest BCUT2D eigenvalue weighted by atomic mass is 32.2. The summed E-state index contributed by atoms with van der Waals surface area (Å²) in [5, 5.41) is 2.91. The molecule has 0 N–H and O–H groups in total. The summed E-state index contributed by atoms with van der Waals surface area (Å²) < 4.78 is 63.8. The van der Waals surface area contributed by atoms with Crippen LogP contribution in [0.25, 0.3) is 11.3 Å². The number of halogens is 3. The zero-order valence-corrected chi connectivity index (χ0v) is 18.7. The Bertz CT molecular complexity index is 1170. The van der Waals surface area contributed by atoms with Gasteiger partial charge in [-0.3, -0.25) is 4.90 Å². The summed E-state index contributed by atoms with van der Waals surface area (Å²) in [6, 6.07) is 7.14. The van der Waals surface area contributed by atoms with E-state index in [1.807, 2.05) is 10.3 Å². The van der Waals surface area contributed by atoms with Crippen molar-refractivity contribution in [3.05, 3.63) is 52.7 Å². The van der Waals surface area contributed by atoms with E-state index in [2.05, 4.69) is 19.9 Å². The molecule has 170 valence electrons. The molecule has 32 heavy (non-hydrogen) atoms. The van der Waals surface area contributed by atoms with E-state index in [-0.39, 0.29) is 16.4 Å². The van der Waals surface area contributed by atoms with Gasteiger partial charge >= 0.3 is 6.18 Å². The quantitative estimate of drug-likeness (QED) is 0.551. The van der Waals surface area contributed by atoms with Crippen molar-refractivity contribution in [3.8, 4) is 11.3 Å². The van der Waals surface area contributed by atoms with Crippen molar-refractivity contribution < 1.29 is 21.6 Å². The maximum absolute atomic E-state index is 13.5. The zero-order valence-electron chi connectivity index (χ0n) is 17.1. The molecule has 0 atom stereocenters. The van der Waals surface area contributed by atoms with E-state index < -0.39 is 21.8 Å². The Balaban J connectivity index is 1.59. The second-order valence-electron chi connectivity index (χ2n) is 7.42. The molecule has 1 saturated heterocycles. The zero-order chi connectivity index (χ0) is 22.9. The molecule has 1 aromatic carbocycles. The third-order valence-corrected chi connectivity index (χ3v) is 6.98. The van der Waals surface area contributed by atoms with Gasteiger partial charge in [-0.2, -0.15) is 13.2 Å². The lowest BCUT2D eigenvalue weighted by molar-refractivity contribution is -0.144. The van der Waals surface area contributed by atoms with Crippen LogP contribution in [0.5, 0.6) is 0 Å². The first-order chi connectivity index (χ1) is 15.1. The minimum atomic E-state index is -4.70. The molecule has 1 aliphatic heterocycles. The first kappa shape index (κ1) is 22.6. The highest BCUT2D eigenvalue weighted by molar-refractivity contribution is 7.90. The summed E-state index contributed by atoms with van der Waals surface area (Å²) in [5.41, 5.74) is 0.474. The molecule has 0 bridgehead atoms.